The summed E-state index contributed by atoms with van der Waals surface area (Å²) in [6.07, 6.45) is 0.575. The molecular weight excluding hydrogens is 188 g/mol. The lowest BCUT2D eigenvalue weighted by atomic mass is 10.1. The van der Waals surface area contributed by atoms with Crippen LogP contribution in [0.1, 0.15) is 11.1 Å². The van der Waals surface area contributed by atoms with Gasteiger partial charge in [-0.25, -0.2) is 8.42 Å². The lowest BCUT2D eigenvalue weighted by molar-refractivity contribution is 0.278. The molecule has 4 heteroatoms. The van der Waals surface area contributed by atoms with Crippen LogP contribution in [0.2, 0.25) is 0 Å². The zero-order valence-electron chi connectivity index (χ0n) is 7.03. The van der Waals surface area contributed by atoms with Crippen molar-refractivity contribution >= 4 is 9.84 Å². The number of aliphatic hydroxyl groups is 1. The Morgan fingerprint density at radius 2 is 2.15 bits per heavy atom. The molecule has 13 heavy (non-hydrogen) atoms. The summed E-state index contributed by atoms with van der Waals surface area (Å²) in [6, 6.07) is 5.24. The van der Waals surface area contributed by atoms with Crippen LogP contribution in [0.4, 0.5) is 0 Å². The molecule has 1 aromatic rings. The Kier molecular flexibility index (Phi) is 1.89. The monoisotopic (exact) mass is 198 g/mol. The Balaban J connectivity index is 2.74. The van der Waals surface area contributed by atoms with Gasteiger partial charge in [0.05, 0.1) is 17.3 Å². The fourth-order valence-corrected chi connectivity index (χ4v) is 3.50. The SMILES string of the molecule is O=S1(=O)CCc2cccc(CO)c21. The van der Waals surface area contributed by atoms with Crippen LogP contribution in [0.15, 0.2) is 23.1 Å². The molecule has 0 spiro atoms. The number of benzene rings is 1. The van der Waals surface area contributed by atoms with Crippen molar-refractivity contribution in [1.82, 2.24) is 0 Å². The molecular formula is C9H10O3S. The summed E-state index contributed by atoms with van der Waals surface area (Å²) in [7, 11) is -3.11. The van der Waals surface area contributed by atoms with Gasteiger partial charge in [-0.05, 0) is 17.5 Å². The molecule has 0 unspecified atom stereocenters. The zero-order chi connectivity index (χ0) is 9.47. The number of aryl methyl sites for hydroxylation is 1. The Bertz CT molecular complexity index is 434. The summed E-state index contributed by atoms with van der Waals surface area (Å²) in [5.41, 5.74) is 1.36. The van der Waals surface area contributed by atoms with Crippen LogP contribution < -0.4 is 0 Å². The molecule has 2 rings (SSSR count). The van der Waals surface area contributed by atoms with Crippen molar-refractivity contribution in [2.24, 2.45) is 0 Å². The fourth-order valence-electron chi connectivity index (χ4n) is 1.71. The van der Waals surface area contributed by atoms with E-state index in [1.165, 1.54) is 0 Å². The molecule has 0 bridgehead atoms. The Morgan fingerprint density at radius 1 is 1.38 bits per heavy atom. The summed E-state index contributed by atoms with van der Waals surface area (Å²) < 4.78 is 23.0. The summed E-state index contributed by atoms with van der Waals surface area (Å²) >= 11 is 0. The second-order valence-corrected chi connectivity index (χ2v) is 5.18. The van der Waals surface area contributed by atoms with Gasteiger partial charge in [0.2, 0.25) is 0 Å². The summed E-state index contributed by atoms with van der Waals surface area (Å²) in [6.45, 7) is -0.206. The fraction of sp³-hybridized carbons (Fsp3) is 0.333. The van der Waals surface area contributed by atoms with Gasteiger partial charge in [-0.3, -0.25) is 0 Å². The predicted molar refractivity (Wildman–Crippen MR) is 48.1 cm³/mol. The second-order valence-electron chi connectivity index (χ2n) is 3.13. The van der Waals surface area contributed by atoms with E-state index in [9.17, 15) is 8.42 Å². The van der Waals surface area contributed by atoms with E-state index >= 15 is 0 Å². The number of hydrogen-bond acceptors (Lipinski definition) is 3. The predicted octanol–water partition coefficient (Wildman–Crippen LogP) is 0.509. The van der Waals surface area contributed by atoms with Crippen molar-refractivity contribution in [2.75, 3.05) is 5.75 Å². The highest BCUT2D eigenvalue weighted by Gasteiger charge is 2.28. The summed E-state index contributed by atoms with van der Waals surface area (Å²) in [4.78, 5) is 0.359. The standard InChI is InChI=1S/C9H10O3S/c10-6-8-3-1-2-7-4-5-13(11,12)9(7)8/h1-3,10H,4-6H2. The van der Waals surface area contributed by atoms with E-state index in [1.807, 2.05) is 0 Å². The number of sulfone groups is 1. The second kappa shape index (κ2) is 2.82. The number of hydrogen-bond donors (Lipinski definition) is 1. The molecule has 1 aliphatic heterocycles. The number of rotatable bonds is 1. The maximum atomic E-state index is 11.5. The molecule has 1 aromatic carbocycles. The van der Waals surface area contributed by atoms with Gasteiger partial charge in [-0.15, -0.1) is 0 Å². The molecule has 0 fully saturated rings. The van der Waals surface area contributed by atoms with Crippen LogP contribution in [0, 0.1) is 0 Å². The van der Waals surface area contributed by atoms with Crippen LogP contribution in [0.3, 0.4) is 0 Å². The average molecular weight is 198 g/mol. The van der Waals surface area contributed by atoms with Gasteiger partial charge >= 0.3 is 0 Å². The third-order valence-corrected chi connectivity index (χ3v) is 4.19. The first-order valence-corrected chi connectivity index (χ1v) is 5.75. The minimum Gasteiger partial charge on any atom is -0.392 e. The molecule has 3 nitrogen and oxygen atoms in total. The first-order chi connectivity index (χ1) is 6.15. The molecule has 0 atom stereocenters. The van der Waals surface area contributed by atoms with Crippen LogP contribution in [-0.4, -0.2) is 19.3 Å². The van der Waals surface area contributed by atoms with Crippen LogP contribution in [-0.2, 0) is 22.9 Å². The van der Waals surface area contributed by atoms with E-state index in [1.54, 1.807) is 18.2 Å². The normalized spacial score (nSPS) is 18.5. The van der Waals surface area contributed by atoms with Crippen molar-refractivity contribution in [1.29, 1.82) is 0 Å². The first kappa shape index (κ1) is 8.72. The number of aliphatic hydroxyl groups excluding tert-OH is 1. The van der Waals surface area contributed by atoms with Gasteiger partial charge in [0, 0.05) is 0 Å². The molecule has 0 amide bonds. The van der Waals surface area contributed by atoms with Crippen molar-refractivity contribution < 1.29 is 13.5 Å². The molecule has 1 N–H and O–H groups in total. The summed E-state index contributed by atoms with van der Waals surface area (Å²) in [5, 5.41) is 8.97. The highest BCUT2D eigenvalue weighted by Crippen LogP contribution is 2.28. The van der Waals surface area contributed by atoms with Crippen molar-refractivity contribution in [3.63, 3.8) is 0 Å². The maximum Gasteiger partial charge on any atom is 0.179 e. The minimum atomic E-state index is -3.11. The van der Waals surface area contributed by atoms with Crippen LogP contribution in [0.5, 0.6) is 0 Å². The molecule has 0 saturated heterocycles. The van der Waals surface area contributed by atoms with Gasteiger partial charge < -0.3 is 5.11 Å². The Hall–Kier alpha value is -0.870. The maximum absolute atomic E-state index is 11.5. The lowest BCUT2D eigenvalue weighted by Gasteiger charge is -2.03. The van der Waals surface area contributed by atoms with E-state index < -0.39 is 9.84 Å². The van der Waals surface area contributed by atoms with Crippen molar-refractivity contribution in [3.05, 3.63) is 29.3 Å². The quantitative estimate of drug-likeness (QED) is 0.715. The lowest BCUT2D eigenvalue weighted by Crippen LogP contribution is -2.02. The van der Waals surface area contributed by atoms with Crippen LogP contribution in [0.25, 0.3) is 0 Å². The zero-order valence-corrected chi connectivity index (χ0v) is 7.84. The van der Waals surface area contributed by atoms with Gasteiger partial charge in [0.15, 0.2) is 9.84 Å². The Labute approximate surface area is 76.9 Å². The van der Waals surface area contributed by atoms with E-state index in [4.69, 9.17) is 5.11 Å². The van der Waals surface area contributed by atoms with Crippen molar-refractivity contribution in [2.45, 2.75) is 17.9 Å². The van der Waals surface area contributed by atoms with Gasteiger partial charge in [0.25, 0.3) is 0 Å². The van der Waals surface area contributed by atoms with E-state index in [0.717, 1.165) is 5.56 Å². The highest BCUT2D eigenvalue weighted by atomic mass is 32.2. The average Bonchev–Trinajstić information content (AvgIpc) is 2.43. The molecule has 1 aliphatic rings. The minimum absolute atomic E-state index is 0.180. The molecule has 0 aliphatic carbocycles. The van der Waals surface area contributed by atoms with E-state index in [-0.39, 0.29) is 12.4 Å². The molecule has 1 heterocycles. The largest absolute Gasteiger partial charge is 0.392 e. The highest BCUT2D eigenvalue weighted by molar-refractivity contribution is 7.91. The van der Waals surface area contributed by atoms with E-state index in [0.29, 0.717) is 16.9 Å². The topological polar surface area (TPSA) is 54.4 Å². The van der Waals surface area contributed by atoms with Gasteiger partial charge in [0.1, 0.15) is 0 Å². The third kappa shape index (κ3) is 1.26. The molecule has 0 saturated carbocycles. The molecule has 0 aromatic heterocycles. The first-order valence-electron chi connectivity index (χ1n) is 4.09. The molecule has 0 radical (unpaired) electrons. The van der Waals surface area contributed by atoms with Crippen molar-refractivity contribution in [3.8, 4) is 0 Å². The van der Waals surface area contributed by atoms with E-state index in [2.05, 4.69) is 0 Å². The number of fused-ring (bicyclic) bond motifs is 1. The summed E-state index contributed by atoms with van der Waals surface area (Å²) in [5.74, 6) is 0.180. The van der Waals surface area contributed by atoms with Gasteiger partial charge in [-0.2, -0.15) is 0 Å². The Morgan fingerprint density at radius 3 is 2.85 bits per heavy atom. The third-order valence-electron chi connectivity index (χ3n) is 2.30. The molecule has 70 valence electrons. The van der Waals surface area contributed by atoms with Gasteiger partial charge in [-0.1, -0.05) is 18.2 Å². The van der Waals surface area contributed by atoms with Crippen LogP contribution >= 0.6 is 0 Å². The smallest absolute Gasteiger partial charge is 0.179 e.